The number of amides is 1. The minimum atomic E-state index is -0.372. The molecular weight excluding hydrogens is 488 g/mol. The summed E-state index contributed by atoms with van der Waals surface area (Å²) in [5.74, 6) is -0.372. The predicted octanol–water partition coefficient (Wildman–Crippen LogP) is 6.53. The van der Waals surface area contributed by atoms with Crippen LogP contribution in [0, 0.1) is 6.92 Å². The van der Waals surface area contributed by atoms with Gasteiger partial charge >= 0.3 is 0 Å². The monoisotopic (exact) mass is 508 g/mol. The molecule has 0 unspecified atom stereocenters. The van der Waals surface area contributed by atoms with Crippen molar-refractivity contribution in [1.29, 1.82) is 0 Å². The summed E-state index contributed by atoms with van der Waals surface area (Å²) >= 11 is 3.41. The molecule has 1 heterocycles. The molecule has 1 N–H and O–H groups in total. The third-order valence-electron chi connectivity index (χ3n) is 5.58. The lowest BCUT2D eigenvalue weighted by Crippen LogP contribution is -2.18. The van der Waals surface area contributed by atoms with E-state index in [1.807, 2.05) is 72.3 Å². The molecule has 0 saturated heterocycles. The van der Waals surface area contributed by atoms with E-state index in [4.69, 9.17) is 0 Å². The first-order chi connectivity index (χ1) is 16.6. The number of nitrogens with zero attached hydrogens (tertiary/aromatic N) is 3. The zero-order chi connectivity index (χ0) is 23.5. The molecule has 6 heteroatoms. The van der Waals surface area contributed by atoms with Gasteiger partial charge in [0.1, 0.15) is 0 Å². The third kappa shape index (κ3) is 4.54. The number of carbonyl (C=O) groups excluding carboxylic acids is 1. The number of halogens is 1. The van der Waals surface area contributed by atoms with Gasteiger partial charge in [0.15, 0.2) is 5.69 Å². The molecule has 34 heavy (non-hydrogen) atoms. The van der Waals surface area contributed by atoms with Crippen molar-refractivity contribution in [3.05, 3.63) is 118 Å². The number of aryl methyl sites for hydroxylation is 1. The summed E-state index contributed by atoms with van der Waals surface area (Å²) < 4.78 is 2.81. The molecule has 0 fully saturated rings. The molecule has 1 amide bonds. The SMILES string of the molecule is Cc1ccccc1-n1nc(C(=O)N/N=C\c2ccc(Br)cc2)cc1-c1ccc2ccccc2c1. The van der Waals surface area contributed by atoms with Gasteiger partial charge in [-0.05, 0) is 59.2 Å². The molecule has 0 saturated carbocycles. The van der Waals surface area contributed by atoms with Gasteiger partial charge in [-0.2, -0.15) is 10.2 Å². The van der Waals surface area contributed by atoms with Gasteiger partial charge in [0, 0.05) is 10.0 Å². The summed E-state index contributed by atoms with van der Waals surface area (Å²) in [5.41, 5.74) is 7.56. The maximum Gasteiger partial charge on any atom is 0.291 e. The van der Waals surface area contributed by atoms with Crippen molar-refractivity contribution >= 4 is 38.8 Å². The van der Waals surface area contributed by atoms with Crippen molar-refractivity contribution in [3.8, 4) is 16.9 Å². The summed E-state index contributed by atoms with van der Waals surface area (Å²) in [6.07, 6.45) is 1.60. The lowest BCUT2D eigenvalue weighted by Gasteiger charge is -2.11. The van der Waals surface area contributed by atoms with Gasteiger partial charge in [-0.15, -0.1) is 0 Å². The largest absolute Gasteiger partial charge is 0.291 e. The summed E-state index contributed by atoms with van der Waals surface area (Å²) in [6.45, 7) is 2.03. The number of fused-ring (bicyclic) bond motifs is 1. The number of nitrogens with one attached hydrogen (secondary N) is 1. The van der Waals surface area contributed by atoms with Gasteiger partial charge in [0.05, 0.1) is 17.6 Å². The van der Waals surface area contributed by atoms with Crippen LogP contribution in [0.15, 0.2) is 107 Å². The minimum Gasteiger partial charge on any atom is -0.265 e. The van der Waals surface area contributed by atoms with E-state index in [-0.39, 0.29) is 5.91 Å². The second-order valence-corrected chi connectivity index (χ2v) is 8.84. The van der Waals surface area contributed by atoms with Crippen molar-refractivity contribution in [3.63, 3.8) is 0 Å². The predicted molar refractivity (Wildman–Crippen MR) is 140 cm³/mol. The van der Waals surface area contributed by atoms with Gasteiger partial charge in [0.25, 0.3) is 5.91 Å². The number of hydrogen-bond donors (Lipinski definition) is 1. The van der Waals surface area contributed by atoms with E-state index in [0.29, 0.717) is 5.69 Å². The van der Waals surface area contributed by atoms with E-state index in [1.165, 1.54) is 0 Å². The lowest BCUT2D eigenvalue weighted by molar-refractivity contribution is 0.0949. The first kappa shape index (κ1) is 21.8. The Bertz CT molecular complexity index is 1520. The molecule has 5 rings (SSSR count). The van der Waals surface area contributed by atoms with Crippen molar-refractivity contribution in [2.45, 2.75) is 6.92 Å². The molecule has 4 aromatic carbocycles. The van der Waals surface area contributed by atoms with Crippen LogP contribution < -0.4 is 5.43 Å². The second kappa shape index (κ2) is 9.45. The van der Waals surface area contributed by atoms with Gasteiger partial charge in [-0.1, -0.05) is 82.7 Å². The Labute approximate surface area is 205 Å². The molecule has 166 valence electrons. The van der Waals surface area contributed by atoms with Gasteiger partial charge in [0.2, 0.25) is 0 Å². The van der Waals surface area contributed by atoms with Gasteiger partial charge in [-0.3, -0.25) is 4.79 Å². The zero-order valence-corrected chi connectivity index (χ0v) is 20.0. The Morgan fingerprint density at radius 2 is 1.65 bits per heavy atom. The smallest absolute Gasteiger partial charge is 0.265 e. The van der Waals surface area contributed by atoms with E-state index in [0.717, 1.165) is 43.3 Å². The van der Waals surface area contributed by atoms with E-state index in [1.54, 1.807) is 12.3 Å². The average molecular weight is 509 g/mol. The van der Waals surface area contributed by atoms with Crippen LogP contribution in [0.1, 0.15) is 21.6 Å². The molecule has 1 aromatic heterocycles. The van der Waals surface area contributed by atoms with Crippen LogP contribution in [-0.2, 0) is 0 Å². The maximum absolute atomic E-state index is 12.9. The molecule has 0 aliphatic rings. The fourth-order valence-electron chi connectivity index (χ4n) is 3.80. The standard InChI is InChI=1S/C28H21BrN4O/c1-19-6-2-5-9-26(19)33-27(23-13-12-21-7-3-4-8-22(21)16-23)17-25(32-33)28(34)31-30-18-20-10-14-24(29)15-11-20/h2-18H,1H3,(H,31,34)/b30-18-. The Morgan fingerprint density at radius 3 is 2.44 bits per heavy atom. The van der Waals surface area contributed by atoms with Crippen LogP contribution in [0.5, 0.6) is 0 Å². The van der Waals surface area contributed by atoms with E-state index in [9.17, 15) is 4.79 Å². The molecule has 0 bridgehead atoms. The topological polar surface area (TPSA) is 59.3 Å². The Morgan fingerprint density at radius 1 is 0.912 bits per heavy atom. The number of benzene rings is 4. The second-order valence-electron chi connectivity index (χ2n) is 7.93. The summed E-state index contributed by atoms with van der Waals surface area (Å²) in [7, 11) is 0. The Hall–Kier alpha value is -4.03. The average Bonchev–Trinajstić information content (AvgIpc) is 3.30. The number of hydrazone groups is 1. The van der Waals surface area contributed by atoms with Crippen LogP contribution in [-0.4, -0.2) is 21.9 Å². The number of carbonyl (C=O) groups is 1. The fraction of sp³-hybridized carbons (Fsp3) is 0.0357. The summed E-state index contributed by atoms with van der Waals surface area (Å²) in [5, 5.41) is 11.0. The molecule has 0 atom stereocenters. The Balaban J connectivity index is 1.51. The number of rotatable bonds is 5. The Kier molecular flexibility index (Phi) is 6.06. The zero-order valence-electron chi connectivity index (χ0n) is 18.4. The number of aromatic nitrogens is 2. The molecule has 0 aliphatic heterocycles. The molecule has 0 spiro atoms. The quantitative estimate of drug-likeness (QED) is 0.216. The normalized spacial score (nSPS) is 11.2. The van der Waals surface area contributed by atoms with Crippen LogP contribution in [0.3, 0.4) is 0 Å². The fourth-order valence-corrected chi connectivity index (χ4v) is 4.07. The highest BCUT2D eigenvalue weighted by Crippen LogP contribution is 2.28. The molecule has 0 radical (unpaired) electrons. The van der Waals surface area contributed by atoms with Crippen molar-refractivity contribution in [2.24, 2.45) is 5.10 Å². The van der Waals surface area contributed by atoms with Crippen molar-refractivity contribution in [1.82, 2.24) is 15.2 Å². The van der Waals surface area contributed by atoms with E-state index < -0.39 is 0 Å². The summed E-state index contributed by atoms with van der Waals surface area (Å²) in [6, 6.07) is 31.9. The van der Waals surface area contributed by atoms with Gasteiger partial charge in [-0.25, -0.2) is 10.1 Å². The van der Waals surface area contributed by atoms with E-state index >= 15 is 0 Å². The van der Waals surface area contributed by atoms with Crippen molar-refractivity contribution in [2.75, 3.05) is 0 Å². The maximum atomic E-state index is 12.9. The highest BCUT2D eigenvalue weighted by Gasteiger charge is 2.17. The number of hydrogen-bond acceptors (Lipinski definition) is 3. The van der Waals surface area contributed by atoms with Crippen molar-refractivity contribution < 1.29 is 4.79 Å². The molecule has 0 aliphatic carbocycles. The molecular formula is C28H21BrN4O. The highest BCUT2D eigenvalue weighted by molar-refractivity contribution is 9.10. The van der Waals surface area contributed by atoms with Crippen LogP contribution >= 0.6 is 15.9 Å². The van der Waals surface area contributed by atoms with Crippen LogP contribution in [0.2, 0.25) is 0 Å². The lowest BCUT2D eigenvalue weighted by atomic mass is 10.0. The minimum absolute atomic E-state index is 0.291. The first-order valence-electron chi connectivity index (χ1n) is 10.8. The first-order valence-corrected chi connectivity index (χ1v) is 11.6. The molecule has 5 nitrogen and oxygen atoms in total. The van der Waals surface area contributed by atoms with Gasteiger partial charge < -0.3 is 0 Å². The summed E-state index contributed by atoms with van der Waals surface area (Å²) in [4.78, 5) is 12.9. The highest BCUT2D eigenvalue weighted by atomic mass is 79.9. The van der Waals surface area contributed by atoms with E-state index in [2.05, 4.69) is 61.9 Å². The third-order valence-corrected chi connectivity index (χ3v) is 6.11. The van der Waals surface area contributed by atoms with Crippen LogP contribution in [0.25, 0.3) is 27.7 Å². The molecule has 5 aromatic rings. The number of para-hydroxylation sites is 1. The van der Waals surface area contributed by atoms with Crippen LogP contribution in [0.4, 0.5) is 0 Å².